The number of benzene rings is 1. The van der Waals surface area contributed by atoms with Crippen LogP contribution < -0.4 is 0 Å². The van der Waals surface area contributed by atoms with Crippen LogP contribution in [0.15, 0.2) is 33.7 Å². The molecule has 3 atom stereocenters. The van der Waals surface area contributed by atoms with Gasteiger partial charge in [0.25, 0.3) is 0 Å². The van der Waals surface area contributed by atoms with Crippen molar-refractivity contribution in [3.05, 3.63) is 35.5 Å². The van der Waals surface area contributed by atoms with Gasteiger partial charge >= 0.3 is 5.97 Å². The molecule has 1 N–H and O–H groups in total. The highest BCUT2D eigenvalue weighted by Crippen LogP contribution is 2.64. The average Bonchev–Trinajstić information content (AvgIpc) is 3.15. The molecule has 2 saturated heterocycles. The van der Waals surface area contributed by atoms with Gasteiger partial charge in [0, 0.05) is 16.4 Å². The molecule has 8 heteroatoms. The van der Waals surface area contributed by atoms with Crippen LogP contribution in [0.4, 0.5) is 0 Å². The van der Waals surface area contributed by atoms with Crippen molar-refractivity contribution < 1.29 is 14.4 Å². The summed E-state index contributed by atoms with van der Waals surface area (Å²) in [5.74, 6) is -0.246. The van der Waals surface area contributed by atoms with Crippen molar-refractivity contribution in [2.75, 3.05) is 6.26 Å². The Morgan fingerprint density at radius 2 is 2.00 bits per heavy atom. The predicted octanol–water partition coefficient (Wildman–Crippen LogP) is 4.78. The minimum Gasteiger partial charge on any atom is -0.479 e. The molecular formula is C20H22N2O3S3. The van der Waals surface area contributed by atoms with Gasteiger partial charge in [-0.2, -0.15) is 0 Å². The fourth-order valence-corrected chi connectivity index (χ4v) is 7.13. The third kappa shape index (κ3) is 2.37. The lowest BCUT2D eigenvalue weighted by Crippen LogP contribution is -2.67. The number of fused-ring (bicyclic) bond motifs is 1. The number of carboxylic acid groups (broad SMARTS) is 1. The summed E-state index contributed by atoms with van der Waals surface area (Å²) in [6.45, 7) is 7.83. The molecule has 2 aromatic rings. The molecule has 28 heavy (non-hydrogen) atoms. The Hall–Kier alpha value is -1.51. The van der Waals surface area contributed by atoms with Crippen LogP contribution in [0.1, 0.15) is 32.0 Å². The van der Waals surface area contributed by atoms with Crippen molar-refractivity contribution in [2.24, 2.45) is 5.92 Å². The number of hydrogen-bond donors (Lipinski definition) is 1. The molecule has 1 aromatic heterocycles. The second-order valence-corrected chi connectivity index (χ2v) is 10.8. The highest BCUT2D eigenvalue weighted by Gasteiger charge is 2.72. The summed E-state index contributed by atoms with van der Waals surface area (Å²) in [7, 11) is 0. The predicted molar refractivity (Wildman–Crippen MR) is 117 cm³/mol. The molecule has 148 valence electrons. The van der Waals surface area contributed by atoms with Gasteiger partial charge in [0.1, 0.15) is 0 Å². The lowest BCUT2D eigenvalue weighted by atomic mass is 9.73. The van der Waals surface area contributed by atoms with Crippen molar-refractivity contribution in [2.45, 2.75) is 48.3 Å². The van der Waals surface area contributed by atoms with E-state index in [1.807, 2.05) is 56.2 Å². The number of aromatic nitrogens is 1. The zero-order valence-corrected chi connectivity index (χ0v) is 18.8. The first-order chi connectivity index (χ1) is 13.2. The van der Waals surface area contributed by atoms with E-state index in [-0.39, 0.29) is 11.3 Å². The van der Waals surface area contributed by atoms with Crippen LogP contribution in [0.5, 0.6) is 0 Å². The second-order valence-electron chi connectivity index (χ2n) is 7.73. The Balaban J connectivity index is 1.97. The summed E-state index contributed by atoms with van der Waals surface area (Å²) in [4.78, 5) is 16.6. The maximum atomic E-state index is 12.9. The number of hydrogen-bond acceptors (Lipinski definition) is 6. The zero-order chi connectivity index (χ0) is 20.4. The molecule has 2 aliphatic heterocycles. The number of aliphatic carboxylic acids is 1. The quantitative estimate of drug-likeness (QED) is 0.545. The topological polar surface area (TPSA) is 66.6 Å². The second kappa shape index (κ2) is 6.50. The van der Waals surface area contributed by atoms with Gasteiger partial charge in [-0.3, -0.25) is 0 Å². The fraction of sp³-hybridized carbons (Fsp3) is 0.450. The molecule has 5 nitrogen and oxygen atoms in total. The van der Waals surface area contributed by atoms with Gasteiger partial charge in [-0.1, -0.05) is 36.4 Å². The van der Waals surface area contributed by atoms with E-state index in [1.54, 1.807) is 23.5 Å². The van der Waals surface area contributed by atoms with E-state index in [0.29, 0.717) is 22.0 Å². The van der Waals surface area contributed by atoms with E-state index in [0.717, 1.165) is 10.5 Å². The number of aryl methyl sites for hydroxylation is 1. The molecule has 4 rings (SSSR count). The molecule has 2 fully saturated rings. The van der Waals surface area contributed by atoms with Crippen molar-refractivity contribution in [1.29, 1.82) is 0 Å². The largest absolute Gasteiger partial charge is 0.479 e. The molecule has 0 radical (unpaired) electrons. The number of thioether (sulfide) groups is 2. The van der Waals surface area contributed by atoms with Crippen molar-refractivity contribution in [1.82, 2.24) is 10.1 Å². The van der Waals surface area contributed by atoms with Gasteiger partial charge in [-0.05, 0) is 39.2 Å². The summed E-state index contributed by atoms with van der Waals surface area (Å²) in [6, 6.07) is 7.91. The fourth-order valence-electron chi connectivity index (χ4n) is 4.42. The number of carbonyl (C=O) groups is 1. The molecule has 0 aliphatic carbocycles. The van der Waals surface area contributed by atoms with Gasteiger partial charge in [0.15, 0.2) is 11.3 Å². The minimum atomic E-state index is -1.33. The zero-order valence-electron chi connectivity index (χ0n) is 16.3. The summed E-state index contributed by atoms with van der Waals surface area (Å²) in [6.07, 6.45) is 2.02. The van der Waals surface area contributed by atoms with E-state index in [1.165, 1.54) is 0 Å². The van der Waals surface area contributed by atoms with Crippen LogP contribution in [0.3, 0.4) is 0 Å². The van der Waals surface area contributed by atoms with Gasteiger partial charge in [-0.15, -0.1) is 23.5 Å². The summed E-state index contributed by atoms with van der Waals surface area (Å²) >= 11 is 8.94. The smallest absolute Gasteiger partial charge is 0.336 e. The summed E-state index contributed by atoms with van der Waals surface area (Å²) < 4.78 is 5.08. The van der Waals surface area contributed by atoms with E-state index < -0.39 is 16.3 Å². The van der Waals surface area contributed by atoms with Gasteiger partial charge in [-0.25, -0.2) is 4.79 Å². The Morgan fingerprint density at radius 1 is 1.36 bits per heavy atom. The molecular weight excluding hydrogens is 412 g/mol. The molecule has 0 spiro atoms. The number of carboxylic acids is 1. The number of nitrogens with zero attached hydrogens (tertiary/aromatic N) is 2. The van der Waals surface area contributed by atoms with E-state index in [9.17, 15) is 9.90 Å². The van der Waals surface area contributed by atoms with Gasteiger partial charge < -0.3 is 14.5 Å². The third-order valence-electron chi connectivity index (χ3n) is 5.84. The van der Waals surface area contributed by atoms with Crippen molar-refractivity contribution in [3.63, 3.8) is 0 Å². The van der Waals surface area contributed by atoms with Crippen LogP contribution in [0.25, 0.3) is 11.3 Å². The van der Waals surface area contributed by atoms with E-state index in [4.69, 9.17) is 16.7 Å². The van der Waals surface area contributed by atoms with E-state index >= 15 is 0 Å². The first-order valence-electron chi connectivity index (χ1n) is 9.02. The first kappa shape index (κ1) is 19.8. The number of thiocarbonyl (C=S) groups is 1. The van der Waals surface area contributed by atoms with Gasteiger partial charge in [0.2, 0.25) is 0 Å². The number of rotatable bonds is 4. The monoisotopic (exact) mass is 434 g/mol. The lowest BCUT2D eigenvalue weighted by molar-refractivity contribution is -0.152. The first-order valence-corrected chi connectivity index (χ1v) is 11.5. The van der Waals surface area contributed by atoms with Crippen LogP contribution in [-0.2, 0) is 10.3 Å². The van der Waals surface area contributed by atoms with Crippen molar-refractivity contribution in [3.8, 4) is 11.3 Å². The van der Waals surface area contributed by atoms with Crippen LogP contribution >= 0.6 is 35.7 Å². The molecule has 2 aliphatic rings. The van der Waals surface area contributed by atoms with Crippen LogP contribution in [0.2, 0.25) is 0 Å². The average molecular weight is 435 g/mol. The molecule has 3 heterocycles. The highest BCUT2D eigenvalue weighted by molar-refractivity contribution is 8.02. The van der Waals surface area contributed by atoms with Crippen molar-refractivity contribution >= 4 is 46.7 Å². The van der Waals surface area contributed by atoms with Crippen LogP contribution in [-0.4, -0.2) is 42.5 Å². The maximum absolute atomic E-state index is 12.9. The summed E-state index contributed by atoms with van der Waals surface area (Å²) in [5, 5.41) is 14.8. The summed E-state index contributed by atoms with van der Waals surface area (Å²) in [5.41, 5.74) is 0.677. The Kier molecular flexibility index (Phi) is 4.60. The molecule has 0 amide bonds. The Morgan fingerprint density at radius 3 is 2.57 bits per heavy atom. The Labute approximate surface area is 178 Å². The Bertz CT molecular complexity index is 970. The lowest BCUT2D eigenvalue weighted by Gasteiger charge is -2.51. The van der Waals surface area contributed by atoms with Crippen LogP contribution in [0, 0.1) is 12.8 Å². The molecule has 0 saturated carbocycles. The third-order valence-corrected chi connectivity index (χ3v) is 8.90. The molecule has 0 bridgehead atoms. The normalized spacial score (nSPS) is 28.2. The SMILES string of the molecule is CSc1ccc(-c2onc(C)c2[C@@]2(C(=O)O)N3C(=S)[C@@H](C)[C@H]3SC2(C)C)cc1. The standard InChI is InChI=1S/C20H22N2O3S3/c1-10-16(26)22-17(10)28-19(3,4)20(22,18(23)24)14-11(2)21-25-15(14)12-6-8-13(27-5)9-7-12/h6-10,17H,1-5H3,(H,23,24)/t10-,17-,20+/m1/s1. The van der Waals surface area contributed by atoms with E-state index in [2.05, 4.69) is 12.1 Å². The van der Waals surface area contributed by atoms with Gasteiger partial charge in [0.05, 0.1) is 26.4 Å². The highest BCUT2D eigenvalue weighted by atomic mass is 32.2. The molecule has 1 aromatic carbocycles. The molecule has 0 unspecified atom stereocenters. The minimum absolute atomic E-state index is 0.0413. The maximum Gasteiger partial charge on any atom is 0.336 e.